The average Bonchev–Trinajstić information content (AvgIpc) is 2.57. The van der Waals surface area contributed by atoms with E-state index in [0.29, 0.717) is 0 Å². The second-order valence-electron chi connectivity index (χ2n) is 5.00. The average molecular weight is 291 g/mol. The van der Waals surface area contributed by atoms with Crippen LogP contribution in [0.2, 0.25) is 0 Å². The molecule has 0 unspecified atom stereocenters. The Morgan fingerprint density at radius 2 is 1.36 bits per heavy atom. The fourth-order valence-electron chi connectivity index (χ4n) is 2.44. The predicted octanol–water partition coefficient (Wildman–Crippen LogP) is 3.71. The van der Waals surface area contributed by atoms with E-state index >= 15 is 0 Å². The Kier molecular flexibility index (Phi) is 3.74. The minimum Gasteiger partial charge on any atom is -0.497 e. The normalized spacial score (nSPS) is 10.5. The zero-order valence-electron chi connectivity index (χ0n) is 12.6. The Labute approximate surface area is 129 Å². The lowest BCUT2D eigenvalue weighted by Gasteiger charge is -2.12. The molecule has 0 atom stereocenters. The van der Waals surface area contributed by atoms with Gasteiger partial charge in [-0.05, 0) is 31.2 Å². The summed E-state index contributed by atoms with van der Waals surface area (Å²) >= 11 is 0. The molecule has 0 radical (unpaired) electrons. The second-order valence-corrected chi connectivity index (χ2v) is 5.00. The fraction of sp³-hybridized carbons (Fsp3) is 0.111. The van der Waals surface area contributed by atoms with Gasteiger partial charge in [-0.2, -0.15) is 0 Å². The maximum atomic E-state index is 5.91. The molecule has 0 bridgehead atoms. The Bertz CT molecular complexity index is 783. The smallest absolute Gasteiger partial charge is 0.221 e. The van der Waals surface area contributed by atoms with Crippen molar-refractivity contribution in [1.29, 1.82) is 0 Å². The highest BCUT2D eigenvalue weighted by Gasteiger charge is 2.13. The molecule has 2 aromatic carbocycles. The van der Waals surface area contributed by atoms with Crippen molar-refractivity contribution in [1.82, 2.24) is 9.97 Å². The van der Waals surface area contributed by atoms with Gasteiger partial charge in [-0.15, -0.1) is 0 Å². The number of ether oxygens (including phenoxy) is 1. The van der Waals surface area contributed by atoms with Crippen LogP contribution in [0.4, 0.5) is 5.95 Å². The molecule has 0 amide bonds. The SMILES string of the molecule is COc1ccc(-c2nc(N)nc(-c3ccccc3)c2C)cc1. The van der Waals surface area contributed by atoms with E-state index < -0.39 is 0 Å². The minimum atomic E-state index is 0.273. The van der Waals surface area contributed by atoms with Crippen LogP contribution in [-0.4, -0.2) is 17.1 Å². The summed E-state index contributed by atoms with van der Waals surface area (Å²) < 4.78 is 5.19. The molecule has 0 aliphatic heterocycles. The molecule has 0 spiro atoms. The molecule has 0 saturated heterocycles. The zero-order chi connectivity index (χ0) is 15.5. The largest absolute Gasteiger partial charge is 0.497 e. The summed E-state index contributed by atoms with van der Waals surface area (Å²) in [5.41, 5.74) is 10.6. The van der Waals surface area contributed by atoms with Gasteiger partial charge in [0.05, 0.1) is 18.5 Å². The molecular weight excluding hydrogens is 274 g/mol. The van der Waals surface area contributed by atoms with Crippen molar-refractivity contribution >= 4 is 5.95 Å². The zero-order valence-corrected chi connectivity index (χ0v) is 12.6. The standard InChI is InChI=1S/C18H17N3O/c1-12-16(13-6-4-3-5-7-13)20-18(19)21-17(12)14-8-10-15(22-2)11-9-14/h3-11H,1-2H3,(H2,19,20,21). The third-order valence-electron chi connectivity index (χ3n) is 3.57. The molecule has 2 N–H and O–H groups in total. The molecule has 3 aromatic rings. The van der Waals surface area contributed by atoms with Crippen molar-refractivity contribution in [3.8, 4) is 28.3 Å². The lowest BCUT2D eigenvalue weighted by Crippen LogP contribution is -2.02. The molecule has 0 aliphatic rings. The van der Waals surface area contributed by atoms with Crippen LogP contribution in [0, 0.1) is 6.92 Å². The van der Waals surface area contributed by atoms with Crippen molar-refractivity contribution in [3.63, 3.8) is 0 Å². The predicted molar refractivity (Wildman–Crippen MR) is 88.6 cm³/mol. The molecule has 0 saturated carbocycles. The van der Waals surface area contributed by atoms with Gasteiger partial charge >= 0.3 is 0 Å². The maximum Gasteiger partial charge on any atom is 0.221 e. The highest BCUT2D eigenvalue weighted by Crippen LogP contribution is 2.30. The molecule has 4 nitrogen and oxygen atoms in total. The van der Waals surface area contributed by atoms with E-state index in [1.807, 2.05) is 61.5 Å². The van der Waals surface area contributed by atoms with Crippen molar-refractivity contribution in [2.24, 2.45) is 0 Å². The number of hydrogen-bond acceptors (Lipinski definition) is 4. The molecule has 22 heavy (non-hydrogen) atoms. The molecular formula is C18H17N3O. The van der Waals surface area contributed by atoms with Crippen LogP contribution >= 0.6 is 0 Å². The fourth-order valence-corrected chi connectivity index (χ4v) is 2.44. The quantitative estimate of drug-likeness (QED) is 0.799. The number of rotatable bonds is 3. The Morgan fingerprint density at radius 1 is 0.818 bits per heavy atom. The van der Waals surface area contributed by atoms with Gasteiger partial charge in [0.1, 0.15) is 5.75 Å². The topological polar surface area (TPSA) is 61.0 Å². The number of nitrogens with two attached hydrogens (primary N) is 1. The Morgan fingerprint density at radius 3 is 1.91 bits per heavy atom. The van der Waals surface area contributed by atoms with Gasteiger partial charge in [-0.3, -0.25) is 0 Å². The van der Waals surface area contributed by atoms with Crippen LogP contribution in [0.5, 0.6) is 5.75 Å². The minimum absolute atomic E-state index is 0.273. The first-order valence-corrected chi connectivity index (χ1v) is 7.03. The molecule has 1 heterocycles. The molecule has 3 rings (SSSR count). The Hall–Kier alpha value is -2.88. The van der Waals surface area contributed by atoms with Gasteiger partial charge in [0, 0.05) is 16.7 Å². The van der Waals surface area contributed by atoms with E-state index in [1.54, 1.807) is 7.11 Å². The number of nitrogens with zero attached hydrogens (tertiary/aromatic N) is 2. The summed E-state index contributed by atoms with van der Waals surface area (Å²) in [6.45, 7) is 2.02. The highest BCUT2D eigenvalue weighted by atomic mass is 16.5. The molecule has 110 valence electrons. The van der Waals surface area contributed by atoms with Gasteiger partial charge in [0.25, 0.3) is 0 Å². The number of benzene rings is 2. The van der Waals surface area contributed by atoms with Crippen molar-refractivity contribution in [2.75, 3.05) is 12.8 Å². The van der Waals surface area contributed by atoms with Crippen LogP contribution in [0.15, 0.2) is 54.6 Å². The summed E-state index contributed by atoms with van der Waals surface area (Å²) in [5, 5.41) is 0. The van der Waals surface area contributed by atoms with Gasteiger partial charge in [0.15, 0.2) is 0 Å². The van der Waals surface area contributed by atoms with Gasteiger partial charge in [0.2, 0.25) is 5.95 Å². The number of hydrogen-bond donors (Lipinski definition) is 1. The van der Waals surface area contributed by atoms with Gasteiger partial charge in [-0.1, -0.05) is 30.3 Å². The van der Waals surface area contributed by atoms with Crippen LogP contribution in [0.25, 0.3) is 22.5 Å². The highest BCUT2D eigenvalue weighted by molar-refractivity contribution is 5.74. The van der Waals surface area contributed by atoms with Crippen LogP contribution in [0.1, 0.15) is 5.56 Å². The van der Waals surface area contributed by atoms with E-state index in [0.717, 1.165) is 33.8 Å². The van der Waals surface area contributed by atoms with Crippen molar-refractivity contribution < 1.29 is 4.74 Å². The summed E-state index contributed by atoms with van der Waals surface area (Å²) in [5.74, 6) is 1.09. The lowest BCUT2D eigenvalue weighted by molar-refractivity contribution is 0.415. The van der Waals surface area contributed by atoms with E-state index in [-0.39, 0.29) is 5.95 Å². The lowest BCUT2D eigenvalue weighted by atomic mass is 10.0. The number of aromatic nitrogens is 2. The van der Waals surface area contributed by atoms with Crippen LogP contribution < -0.4 is 10.5 Å². The van der Waals surface area contributed by atoms with Gasteiger partial charge in [-0.25, -0.2) is 9.97 Å². The summed E-state index contributed by atoms with van der Waals surface area (Å²) in [6, 6.07) is 17.8. The van der Waals surface area contributed by atoms with E-state index in [1.165, 1.54) is 0 Å². The number of methoxy groups -OCH3 is 1. The summed E-state index contributed by atoms with van der Waals surface area (Å²) in [7, 11) is 1.65. The van der Waals surface area contributed by atoms with Crippen LogP contribution in [0.3, 0.4) is 0 Å². The van der Waals surface area contributed by atoms with E-state index in [2.05, 4.69) is 9.97 Å². The first-order valence-electron chi connectivity index (χ1n) is 7.03. The number of nitrogen functional groups attached to an aromatic ring is 1. The maximum absolute atomic E-state index is 5.91. The molecule has 4 heteroatoms. The molecule has 0 aliphatic carbocycles. The first-order chi connectivity index (χ1) is 10.7. The summed E-state index contributed by atoms with van der Waals surface area (Å²) in [6.07, 6.45) is 0. The Balaban J connectivity index is 2.14. The third kappa shape index (κ3) is 2.63. The summed E-state index contributed by atoms with van der Waals surface area (Å²) in [4.78, 5) is 8.82. The second kappa shape index (κ2) is 5.85. The van der Waals surface area contributed by atoms with E-state index in [9.17, 15) is 0 Å². The van der Waals surface area contributed by atoms with Crippen molar-refractivity contribution in [2.45, 2.75) is 6.92 Å². The van der Waals surface area contributed by atoms with Crippen molar-refractivity contribution in [3.05, 3.63) is 60.2 Å². The third-order valence-corrected chi connectivity index (χ3v) is 3.57. The number of anilines is 1. The van der Waals surface area contributed by atoms with Crippen LogP contribution in [-0.2, 0) is 0 Å². The van der Waals surface area contributed by atoms with E-state index in [4.69, 9.17) is 10.5 Å². The van der Waals surface area contributed by atoms with Gasteiger partial charge < -0.3 is 10.5 Å². The first kappa shape index (κ1) is 14.1. The molecule has 1 aromatic heterocycles. The monoisotopic (exact) mass is 291 g/mol. The molecule has 0 fully saturated rings.